The van der Waals surface area contributed by atoms with Crippen molar-refractivity contribution in [2.45, 2.75) is 51.5 Å². The Morgan fingerprint density at radius 2 is 1.92 bits per heavy atom. The number of rotatable bonds is 9. The van der Waals surface area contributed by atoms with Crippen molar-refractivity contribution < 1.29 is 32.4 Å². The smallest absolute Gasteiger partial charge is 0.459 e. The van der Waals surface area contributed by atoms with Crippen LogP contribution in [0.1, 0.15) is 46.5 Å². The molecule has 0 saturated heterocycles. The van der Waals surface area contributed by atoms with E-state index in [1.807, 2.05) is 19.0 Å². The lowest BCUT2D eigenvalue weighted by molar-refractivity contribution is -0.148. The Kier molecular flexibility index (Phi) is 8.61. The molecule has 0 saturated carbocycles. The molecule has 3 rings (SSSR count). The molecule has 2 aromatic carbocycles. The van der Waals surface area contributed by atoms with Crippen LogP contribution in [0.4, 0.5) is 0 Å². The molecule has 0 aliphatic carbocycles. The second kappa shape index (κ2) is 11.1. The third kappa shape index (κ3) is 6.33. The van der Waals surface area contributed by atoms with Crippen LogP contribution in [0.15, 0.2) is 35.2 Å². The van der Waals surface area contributed by atoms with Crippen molar-refractivity contribution in [3.05, 3.63) is 58.1 Å². The lowest BCUT2D eigenvalue weighted by atomic mass is 9.75. The van der Waals surface area contributed by atoms with Crippen molar-refractivity contribution >= 4 is 34.3 Å². The van der Waals surface area contributed by atoms with Crippen molar-refractivity contribution in [1.82, 2.24) is 10.2 Å². The highest BCUT2D eigenvalue weighted by molar-refractivity contribution is 7.90. The Labute approximate surface area is 212 Å². The predicted octanol–water partition coefficient (Wildman–Crippen LogP) is 1.18. The van der Waals surface area contributed by atoms with E-state index in [0.29, 0.717) is 34.3 Å². The molecular formula is C25H33BN2O7S. The number of ether oxygens (including phenoxy) is 1. The number of nitrogens with one attached hydrogen (secondary N) is 1. The monoisotopic (exact) mass is 516 g/mol. The number of benzene rings is 2. The average Bonchev–Trinajstić information content (AvgIpc) is 3.16. The van der Waals surface area contributed by atoms with Crippen LogP contribution in [0.3, 0.4) is 0 Å². The van der Waals surface area contributed by atoms with Crippen molar-refractivity contribution in [1.29, 1.82) is 0 Å². The van der Waals surface area contributed by atoms with Crippen LogP contribution in [0.2, 0.25) is 0 Å². The molecule has 0 aromatic heterocycles. The number of nitrogens with zero attached hydrogens (tertiary/aromatic N) is 1. The number of carbonyl (C=O) groups is 2. The van der Waals surface area contributed by atoms with Crippen LogP contribution in [-0.4, -0.2) is 63.7 Å². The third-order valence-corrected chi connectivity index (χ3v) is 7.29. The van der Waals surface area contributed by atoms with Gasteiger partial charge in [-0.25, -0.2) is 13.2 Å². The van der Waals surface area contributed by atoms with Gasteiger partial charge in [-0.15, -0.1) is 0 Å². The van der Waals surface area contributed by atoms with Gasteiger partial charge >= 0.3 is 13.1 Å². The number of esters is 1. The molecule has 9 nitrogen and oxygen atoms in total. The Balaban J connectivity index is 1.74. The fraction of sp³-hybridized carbons (Fsp3) is 0.440. The lowest BCUT2D eigenvalue weighted by Crippen LogP contribution is -2.46. The van der Waals surface area contributed by atoms with E-state index < -0.39 is 34.9 Å². The highest BCUT2D eigenvalue weighted by Crippen LogP contribution is 2.21. The summed E-state index contributed by atoms with van der Waals surface area (Å²) in [5.41, 5.74) is 3.61. The first-order chi connectivity index (χ1) is 16.8. The van der Waals surface area contributed by atoms with Crippen LogP contribution in [-0.2, 0) is 43.8 Å². The van der Waals surface area contributed by atoms with Gasteiger partial charge in [-0.1, -0.05) is 26.0 Å². The molecule has 2 aromatic rings. The molecule has 1 amide bonds. The molecule has 1 heterocycles. The Hall–Kier alpha value is -2.73. The normalized spacial score (nSPS) is 14.2. The van der Waals surface area contributed by atoms with Gasteiger partial charge in [-0.3, -0.25) is 4.79 Å². The lowest BCUT2D eigenvalue weighted by Gasteiger charge is -2.22. The Morgan fingerprint density at radius 1 is 1.22 bits per heavy atom. The first-order valence-corrected chi connectivity index (χ1v) is 13.5. The van der Waals surface area contributed by atoms with Gasteiger partial charge in [0, 0.05) is 18.4 Å². The molecule has 11 heteroatoms. The van der Waals surface area contributed by atoms with E-state index in [1.54, 1.807) is 45.0 Å². The van der Waals surface area contributed by atoms with Gasteiger partial charge < -0.3 is 24.6 Å². The fourth-order valence-electron chi connectivity index (χ4n) is 4.26. The molecule has 0 spiro atoms. The molecule has 1 aliphatic heterocycles. The number of fused-ring (bicyclic) bond motifs is 1. The summed E-state index contributed by atoms with van der Waals surface area (Å²) in [7, 11) is -0.810. The zero-order valence-corrected chi connectivity index (χ0v) is 22.3. The van der Waals surface area contributed by atoms with Crippen LogP contribution in [0.25, 0.3) is 0 Å². The minimum atomic E-state index is -3.41. The zero-order chi connectivity index (χ0) is 26.8. The summed E-state index contributed by atoms with van der Waals surface area (Å²) in [6.07, 6.45) is 1.16. The minimum Gasteiger partial charge on any atom is -0.459 e. The second-order valence-corrected chi connectivity index (χ2v) is 11.7. The molecule has 1 aliphatic rings. The second-order valence-electron chi connectivity index (χ2n) is 9.73. The number of amides is 1. The zero-order valence-electron chi connectivity index (χ0n) is 21.5. The molecule has 0 fully saturated rings. The first-order valence-electron chi connectivity index (χ1n) is 11.7. The van der Waals surface area contributed by atoms with E-state index in [2.05, 4.69) is 5.32 Å². The molecule has 36 heavy (non-hydrogen) atoms. The summed E-state index contributed by atoms with van der Waals surface area (Å²) < 4.78 is 35.0. The van der Waals surface area contributed by atoms with Crippen LogP contribution >= 0.6 is 0 Å². The van der Waals surface area contributed by atoms with Gasteiger partial charge in [0.1, 0.15) is 12.6 Å². The Morgan fingerprint density at radius 3 is 2.53 bits per heavy atom. The summed E-state index contributed by atoms with van der Waals surface area (Å²) in [6.45, 7) is 5.96. The molecule has 1 atom stereocenters. The van der Waals surface area contributed by atoms with Gasteiger partial charge in [-0.05, 0) is 72.9 Å². The van der Waals surface area contributed by atoms with E-state index in [9.17, 15) is 23.0 Å². The maximum atomic E-state index is 13.0. The fourth-order valence-corrected chi connectivity index (χ4v) is 5.18. The standard InChI is InChI=1S/C25H33BN2O7S/c1-15(2)23(27-24(29)20-9-8-18-14-35-26(31)22(18)16(20)3)25(30)34-13-17-7-10-21(36(6,32)33)19(11-17)12-28(4)5/h7-11,15,23,31H,12-14H2,1-6H3,(H,27,29)/t23-/m0/s1. The van der Waals surface area contributed by atoms with Crippen molar-refractivity contribution in [3.63, 3.8) is 0 Å². The first kappa shape index (κ1) is 27.9. The summed E-state index contributed by atoms with van der Waals surface area (Å²) in [6, 6.07) is 7.35. The summed E-state index contributed by atoms with van der Waals surface area (Å²) in [4.78, 5) is 28.1. The SMILES string of the molecule is Cc1c(C(=O)N[C@H](C(=O)OCc2ccc(S(C)(=O)=O)c(CN(C)C)c2)C(C)C)ccc2c1B(O)OC2. The van der Waals surface area contributed by atoms with E-state index in [0.717, 1.165) is 11.8 Å². The number of carbonyl (C=O) groups excluding carboxylic acids is 2. The highest BCUT2D eigenvalue weighted by Gasteiger charge is 2.32. The van der Waals surface area contributed by atoms with Gasteiger partial charge in [0.25, 0.3) is 5.91 Å². The molecule has 0 bridgehead atoms. The topological polar surface area (TPSA) is 122 Å². The summed E-state index contributed by atoms with van der Waals surface area (Å²) in [5, 5.41) is 12.8. The van der Waals surface area contributed by atoms with E-state index in [4.69, 9.17) is 9.39 Å². The number of sulfone groups is 1. The quantitative estimate of drug-likeness (QED) is 0.377. The van der Waals surface area contributed by atoms with Crippen LogP contribution < -0.4 is 10.8 Å². The predicted molar refractivity (Wildman–Crippen MR) is 136 cm³/mol. The minimum absolute atomic E-state index is 0.0657. The third-order valence-electron chi connectivity index (χ3n) is 6.09. The van der Waals surface area contributed by atoms with E-state index >= 15 is 0 Å². The summed E-state index contributed by atoms with van der Waals surface area (Å²) in [5.74, 6) is -1.29. The van der Waals surface area contributed by atoms with Crippen molar-refractivity contribution in [2.75, 3.05) is 20.4 Å². The Bertz CT molecular complexity index is 1260. The molecule has 0 unspecified atom stereocenters. The van der Waals surface area contributed by atoms with Crippen LogP contribution in [0.5, 0.6) is 0 Å². The largest absolute Gasteiger partial charge is 0.492 e. The number of hydrogen-bond acceptors (Lipinski definition) is 8. The van der Waals surface area contributed by atoms with E-state index in [1.165, 1.54) is 6.07 Å². The van der Waals surface area contributed by atoms with Gasteiger partial charge in [0.2, 0.25) is 0 Å². The van der Waals surface area contributed by atoms with Gasteiger partial charge in [0.15, 0.2) is 9.84 Å². The van der Waals surface area contributed by atoms with E-state index in [-0.39, 0.29) is 24.0 Å². The van der Waals surface area contributed by atoms with Gasteiger partial charge in [-0.2, -0.15) is 0 Å². The van der Waals surface area contributed by atoms with Crippen molar-refractivity contribution in [3.8, 4) is 0 Å². The maximum Gasteiger partial charge on any atom is 0.492 e. The molecular weight excluding hydrogens is 483 g/mol. The average molecular weight is 516 g/mol. The summed E-state index contributed by atoms with van der Waals surface area (Å²) >= 11 is 0. The number of hydrogen-bond donors (Lipinski definition) is 2. The van der Waals surface area contributed by atoms with Crippen LogP contribution in [0, 0.1) is 12.8 Å². The maximum absolute atomic E-state index is 13.0. The highest BCUT2D eigenvalue weighted by atomic mass is 32.2. The van der Waals surface area contributed by atoms with Crippen molar-refractivity contribution in [2.24, 2.45) is 5.92 Å². The molecule has 2 N–H and O–H groups in total. The molecule has 194 valence electrons. The van der Waals surface area contributed by atoms with Gasteiger partial charge in [0.05, 0.1) is 11.5 Å². The molecule has 0 radical (unpaired) electrons.